The fraction of sp³-hybridized carbons (Fsp3) is 0.133. The predicted molar refractivity (Wildman–Crippen MR) is 82.7 cm³/mol. The van der Waals surface area contributed by atoms with Gasteiger partial charge in [-0.2, -0.15) is 0 Å². The van der Waals surface area contributed by atoms with Gasteiger partial charge in [-0.15, -0.1) is 0 Å². The molecule has 3 aromatic rings. The summed E-state index contributed by atoms with van der Waals surface area (Å²) in [7, 11) is 0. The van der Waals surface area contributed by atoms with Crippen molar-refractivity contribution in [3.63, 3.8) is 0 Å². The van der Waals surface area contributed by atoms with Crippen molar-refractivity contribution >= 4 is 27.3 Å². The van der Waals surface area contributed by atoms with E-state index in [0.29, 0.717) is 11.1 Å². The third-order valence-corrected chi connectivity index (χ3v) is 4.49. The Morgan fingerprint density at radius 3 is 2.77 bits per heavy atom. The van der Waals surface area contributed by atoms with Crippen molar-refractivity contribution in [1.29, 1.82) is 0 Å². The predicted octanol–water partition coefficient (Wildman–Crippen LogP) is 3.37. The summed E-state index contributed by atoms with van der Waals surface area (Å²) in [4.78, 5) is 23.1. The molecule has 3 rings (SSSR count). The Morgan fingerprint density at radius 1 is 1.32 bits per heavy atom. The van der Waals surface area contributed by atoms with Crippen molar-refractivity contribution in [2.75, 3.05) is 0 Å². The van der Waals surface area contributed by atoms with Gasteiger partial charge in [0.2, 0.25) is 0 Å². The maximum atomic E-state index is 12.1. The molecule has 6 nitrogen and oxygen atoms in total. The highest BCUT2D eigenvalue weighted by atomic mass is 32.1. The molecule has 0 bridgehead atoms. The van der Waals surface area contributed by atoms with Gasteiger partial charge >= 0.3 is 10.6 Å². The average molecular weight is 317 g/mol. The van der Waals surface area contributed by atoms with Crippen LogP contribution in [0.4, 0.5) is 5.00 Å². The van der Waals surface area contributed by atoms with Gasteiger partial charge in [0.25, 0.3) is 0 Å². The lowest BCUT2D eigenvalue weighted by Gasteiger charge is -2.06. The Labute approximate surface area is 128 Å². The van der Waals surface area contributed by atoms with E-state index in [4.69, 9.17) is 4.42 Å². The Morgan fingerprint density at radius 2 is 2.09 bits per heavy atom. The molecule has 0 saturated carbocycles. The van der Waals surface area contributed by atoms with E-state index in [1.807, 2.05) is 0 Å². The minimum atomic E-state index is -0.494. The fourth-order valence-corrected chi connectivity index (χ4v) is 3.15. The van der Waals surface area contributed by atoms with Crippen LogP contribution >= 0.6 is 11.3 Å². The second-order valence-electron chi connectivity index (χ2n) is 4.85. The summed E-state index contributed by atoms with van der Waals surface area (Å²) < 4.78 is 5.24. The van der Waals surface area contributed by atoms with Gasteiger partial charge in [0.1, 0.15) is 11.3 Å². The van der Waals surface area contributed by atoms with Gasteiger partial charge in [-0.1, -0.05) is 11.3 Å². The number of hydrogen-bond acceptors (Lipinski definition) is 6. The monoisotopic (exact) mass is 317 g/mol. The number of phenols is 1. The lowest BCUT2D eigenvalue weighted by molar-refractivity contribution is -0.380. The molecule has 112 valence electrons. The molecular weight excluding hydrogens is 306 g/mol. The van der Waals surface area contributed by atoms with Crippen LogP contribution in [0.2, 0.25) is 0 Å². The minimum Gasteiger partial charge on any atom is -0.508 e. The molecule has 0 spiro atoms. The minimum absolute atomic E-state index is 0.0247. The standard InChI is InChI=1S/C15H11NO5S/c1-8-11-4-2-9(17)6-13(11)21-15(18)12(8)7-10-3-5-14(22-10)16(19)20/h2-6,17H,7H2,1H3. The third-order valence-electron chi connectivity index (χ3n) is 3.45. The molecule has 0 aliphatic rings. The maximum absolute atomic E-state index is 12.1. The number of fused-ring (bicyclic) bond motifs is 1. The average Bonchev–Trinajstić information content (AvgIpc) is 2.92. The highest BCUT2D eigenvalue weighted by Crippen LogP contribution is 2.28. The number of aryl methyl sites for hydroxylation is 1. The number of phenolic OH excluding ortho intramolecular Hbond substituents is 1. The van der Waals surface area contributed by atoms with E-state index in [2.05, 4.69) is 0 Å². The van der Waals surface area contributed by atoms with Crippen LogP contribution in [0.3, 0.4) is 0 Å². The molecule has 1 aromatic carbocycles. The summed E-state index contributed by atoms with van der Waals surface area (Å²) in [6, 6.07) is 7.67. The van der Waals surface area contributed by atoms with Crippen molar-refractivity contribution in [2.45, 2.75) is 13.3 Å². The molecule has 0 atom stereocenters. The van der Waals surface area contributed by atoms with E-state index in [0.717, 1.165) is 27.2 Å². The largest absolute Gasteiger partial charge is 0.508 e. The molecule has 0 fully saturated rings. The lowest BCUT2D eigenvalue weighted by atomic mass is 10.0. The molecule has 2 aromatic heterocycles. The first-order valence-electron chi connectivity index (χ1n) is 6.44. The Balaban J connectivity index is 2.08. The van der Waals surface area contributed by atoms with Gasteiger partial charge in [-0.3, -0.25) is 10.1 Å². The first kappa shape index (κ1) is 14.3. The smallest absolute Gasteiger partial charge is 0.340 e. The molecule has 22 heavy (non-hydrogen) atoms. The molecule has 0 amide bonds. The summed E-state index contributed by atoms with van der Waals surface area (Å²) >= 11 is 1.04. The number of nitrogens with zero attached hydrogens (tertiary/aromatic N) is 1. The molecule has 2 heterocycles. The van der Waals surface area contributed by atoms with Crippen molar-refractivity contribution in [3.8, 4) is 5.75 Å². The molecule has 0 aliphatic carbocycles. The molecule has 1 N–H and O–H groups in total. The highest BCUT2D eigenvalue weighted by Gasteiger charge is 2.15. The molecular formula is C15H11NO5S. The number of aromatic hydroxyl groups is 1. The van der Waals surface area contributed by atoms with Crippen molar-refractivity contribution < 1.29 is 14.4 Å². The molecule has 0 aliphatic heterocycles. The van der Waals surface area contributed by atoms with Crippen LogP contribution in [0.5, 0.6) is 5.75 Å². The number of benzene rings is 1. The summed E-state index contributed by atoms with van der Waals surface area (Å²) in [6.45, 7) is 1.80. The van der Waals surface area contributed by atoms with Crippen LogP contribution in [-0.4, -0.2) is 10.0 Å². The second-order valence-corrected chi connectivity index (χ2v) is 5.99. The maximum Gasteiger partial charge on any atom is 0.340 e. The van der Waals surface area contributed by atoms with E-state index in [1.165, 1.54) is 18.2 Å². The Bertz CT molecular complexity index is 941. The van der Waals surface area contributed by atoms with Gasteiger partial charge < -0.3 is 9.52 Å². The van der Waals surface area contributed by atoms with Crippen LogP contribution in [-0.2, 0) is 6.42 Å². The van der Waals surface area contributed by atoms with E-state index >= 15 is 0 Å². The van der Waals surface area contributed by atoms with E-state index in [1.54, 1.807) is 19.1 Å². The zero-order chi connectivity index (χ0) is 15.9. The number of nitro groups is 1. The zero-order valence-electron chi connectivity index (χ0n) is 11.5. The zero-order valence-corrected chi connectivity index (χ0v) is 12.3. The number of thiophene rings is 1. The quantitative estimate of drug-likeness (QED) is 0.454. The van der Waals surface area contributed by atoms with Gasteiger partial charge in [0, 0.05) is 34.4 Å². The van der Waals surface area contributed by atoms with Crippen molar-refractivity contribution in [1.82, 2.24) is 0 Å². The highest BCUT2D eigenvalue weighted by molar-refractivity contribution is 7.15. The second kappa shape index (κ2) is 5.27. The van der Waals surface area contributed by atoms with Crippen molar-refractivity contribution in [3.05, 3.63) is 66.9 Å². The molecule has 0 saturated heterocycles. The SMILES string of the molecule is Cc1c(Cc2ccc([N+](=O)[O-])s2)c(=O)oc2cc(O)ccc12. The van der Waals surface area contributed by atoms with Gasteiger partial charge in [0.15, 0.2) is 0 Å². The lowest BCUT2D eigenvalue weighted by Crippen LogP contribution is -2.10. The van der Waals surface area contributed by atoms with Crippen LogP contribution in [0, 0.1) is 17.0 Å². The molecule has 7 heteroatoms. The summed E-state index contributed by atoms with van der Waals surface area (Å²) in [5.41, 5.74) is 1.05. The summed E-state index contributed by atoms with van der Waals surface area (Å²) in [5.74, 6) is 0.0247. The van der Waals surface area contributed by atoms with Crippen LogP contribution in [0.15, 0.2) is 39.5 Å². The number of rotatable bonds is 3. The van der Waals surface area contributed by atoms with Gasteiger partial charge in [-0.25, -0.2) is 4.79 Å². The molecule has 0 radical (unpaired) electrons. The van der Waals surface area contributed by atoms with Gasteiger partial charge in [0.05, 0.1) is 4.92 Å². The fourth-order valence-electron chi connectivity index (χ4n) is 2.32. The van der Waals surface area contributed by atoms with Crippen LogP contribution in [0.25, 0.3) is 11.0 Å². The van der Waals surface area contributed by atoms with E-state index < -0.39 is 10.5 Å². The molecule has 0 unspecified atom stereocenters. The van der Waals surface area contributed by atoms with Crippen LogP contribution in [0.1, 0.15) is 16.0 Å². The number of hydrogen-bond donors (Lipinski definition) is 1. The normalized spacial score (nSPS) is 11.0. The first-order chi connectivity index (χ1) is 10.5. The van der Waals surface area contributed by atoms with E-state index in [-0.39, 0.29) is 17.2 Å². The third kappa shape index (κ3) is 2.46. The van der Waals surface area contributed by atoms with Crippen LogP contribution < -0.4 is 5.63 Å². The Hall–Kier alpha value is -2.67. The van der Waals surface area contributed by atoms with Crippen molar-refractivity contribution in [2.24, 2.45) is 0 Å². The summed E-state index contributed by atoms with van der Waals surface area (Å²) in [6.07, 6.45) is 0.281. The first-order valence-corrected chi connectivity index (χ1v) is 7.26. The Kier molecular flexibility index (Phi) is 3.42. The summed E-state index contributed by atoms with van der Waals surface area (Å²) in [5, 5.41) is 20.9. The van der Waals surface area contributed by atoms with Gasteiger partial charge in [-0.05, 0) is 30.7 Å². The topological polar surface area (TPSA) is 93.6 Å². The van der Waals surface area contributed by atoms with E-state index in [9.17, 15) is 20.0 Å².